The van der Waals surface area contributed by atoms with Crippen LogP contribution in [0, 0.1) is 6.92 Å². The fraction of sp³-hybridized carbons (Fsp3) is 0.0714. The van der Waals surface area contributed by atoms with Gasteiger partial charge in [-0.15, -0.1) is 0 Å². The highest BCUT2D eigenvalue weighted by molar-refractivity contribution is 6.30. The van der Waals surface area contributed by atoms with Gasteiger partial charge in [0.25, 0.3) is 0 Å². The molecule has 0 aliphatic heterocycles. The summed E-state index contributed by atoms with van der Waals surface area (Å²) in [6.45, 7) is 2.00. The number of ether oxygens (including phenoxy) is 1. The Labute approximate surface area is 105 Å². The van der Waals surface area contributed by atoms with E-state index in [1.54, 1.807) is 18.2 Å². The van der Waals surface area contributed by atoms with Gasteiger partial charge in [-0.05, 0) is 31.2 Å². The van der Waals surface area contributed by atoms with Crippen LogP contribution >= 0.6 is 11.6 Å². The Morgan fingerprint density at radius 1 is 1.12 bits per heavy atom. The van der Waals surface area contributed by atoms with Gasteiger partial charge in [-0.3, -0.25) is 4.79 Å². The van der Waals surface area contributed by atoms with Crippen molar-refractivity contribution >= 4 is 17.9 Å². The molecule has 0 atom stereocenters. The van der Waals surface area contributed by atoms with Gasteiger partial charge in [-0.2, -0.15) is 0 Å². The number of halogens is 1. The van der Waals surface area contributed by atoms with Gasteiger partial charge in [0, 0.05) is 11.1 Å². The highest BCUT2D eigenvalue weighted by Gasteiger charge is 2.05. The summed E-state index contributed by atoms with van der Waals surface area (Å²) in [5.41, 5.74) is 1.63. The first-order valence-corrected chi connectivity index (χ1v) is 5.56. The van der Waals surface area contributed by atoms with E-state index in [-0.39, 0.29) is 0 Å². The van der Waals surface area contributed by atoms with Gasteiger partial charge in [0.1, 0.15) is 11.5 Å². The first-order chi connectivity index (χ1) is 8.19. The zero-order valence-corrected chi connectivity index (χ0v) is 10.1. The summed E-state index contributed by atoms with van der Waals surface area (Å²) in [6, 6.07) is 12.5. The zero-order valence-electron chi connectivity index (χ0n) is 9.31. The minimum Gasteiger partial charge on any atom is -0.457 e. The van der Waals surface area contributed by atoms with Gasteiger partial charge in [0.15, 0.2) is 6.29 Å². The van der Waals surface area contributed by atoms with Crippen LogP contribution in [0.1, 0.15) is 15.9 Å². The van der Waals surface area contributed by atoms with Crippen LogP contribution < -0.4 is 4.74 Å². The second-order valence-electron chi connectivity index (χ2n) is 3.72. The number of benzene rings is 2. The summed E-state index contributed by atoms with van der Waals surface area (Å²) in [5, 5.41) is 0.540. The molecule has 0 heterocycles. The second-order valence-corrected chi connectivity index (χ2v) is 4.15. The number of carbonyl (C=O) groups is 1. The van der Waals surface area contributed by atoms with E-state index in [9.17, 15) is 4.79 Å². The maximum atomic E-state index is 10.9. The normalized spacial score (nSPS) is 10.0. The molecular weight excluding hydrogens is 236 g/mol. The Balaban J connectivity index is 2.31. The van der Waals surface area contributed by atoms with Crippen molar-refractivity contribution in [2.45, 2.75) is 6.92 Å². The number of carbonyl (C=O) groups excluding carboxylic acids is 1. The Morgan fingerprint density at radius 3 is 2.47 bits per heavy atom. The van der Waals surface area contributed by atoms with Crippen LogP contribution in [0.25, 0.3) is 0 Å². The first kappa shape index (κ1) is 11.7. The zero-order chi connectivity index (χ0) is 12.3. The van der Waals surface area contributed by atoms with E-state index in [1.807, 2.05) is 31.2 Å². The van der Waals surface area contributed by atoms with Crippen LogP contribution in [0.4, 0.5) is 0 Å². The van der Waals surface area contributed by atoms with Crippen molar-refractivity contribution in [2.24, 2.45) is 0 Å². The summed E-state index contributed by atoms with van der Waals surface area (Å²) >= 11 is 5.87. The predicted octanol–water partition coefficient (Wildman–Crippen LogP) is 4.25. The molecule has 2 aromatic carbocycles. The van der Waals surface area contributed by atoms with E-state index in [2.05, 4.69) is 0 Å². The molecule has 2 aromatic rings. The van der Waals surface area contributed by atoms with Crippen molar-refractivity contribution in [3.05, 3.63) is 58.6 Å². The molecule has 2 rings (SSSR count). The number of aryl methyl sites for hydroxylation is 1. The van der Waals surface area contributed by atoms with E-state index in [0.717, 1.165) is 11.8 Å². The Bertz CT molecular complexity index is 532. The largest absolute Gasteiger partial charge is 0.457 e. The molecule has 0 aliphatic rings. The molecule has 0 spiro atoms. The Morgan fingerprint density at radius 2 is 1.82 bits per heavy atom. The van der Waals surface area contributed by atoms with Gasteiger partial charge < -0.3 is 4.74 Å². The molecule has 0 saturated heterocycles. The Hall–Kier alpha value is -1.80. The molecule has 0 radical (unpaired) electrons. The molecule has 0 unspecified atom stereocenters. The van der Waals surface area contributed by atoms with Crippen molar-refractivity contribution in [3.63, 3.8) is 0 Å². The highest BCUT2D eigenvalue weighted by Crippen LogP contribution is 2.27. The van der Waals surface area contributed by atoms with Crippen LogP contribution in [-0.2, 0) is 0 Å². The fourth-order valence-electron chi connectivity index (χ4n) is 1.43. The fourth-order valence-corrected chi connectivity index (χ4v) is 1.59. The van der Waals surface area contributed by atoms with E-state index >= 15 is 0 Å². The lowest BCUT2D eigenvalue weighted by Crippen LogP contribution is -1.90. The van der Waals surface area contributed by atoms with Crippen molar-refractivity contribution < 1.29 is 9.53 Å². The lowest BCUT2D eigenvalue weighted by molar-refractivity contribution is 0.112. The molecule has 0 bridgehead atoms. The summed E-state index contributed by atoms with van der Waals surface area (Å²) in [6.07, 6.45) is 0.750. The van der Waals surface area contributed by atoms with Gasteiger partial charge >= 0.3 is 0 Å². The van der Waals surface area contributed by atoms with Crippen LogP contribution in [0.5, 0.6) is 11.5 Å². The molecular formula is C14H11ClO2. The summed E-state index contributed by atoms with van der Waals surface area (Å²) in [5.74, 6) is 1.15. The topological polar surface area (TPSA) is 26.3 Å². The summed E-state index contributed by atoms with van der Waals surface area (Å²) < 4.78 is 5.62. The average Bonchev–Trinajstić information content (AvgIpc) is 2.32. The van der Waals surface area contributed by atoms with Crippen molar-refractivity contribution in [1.29, 1.82) is 0 Å². The van der Waals surface area contributed by atoms with Crippen molar-refractivity contribution in [2.75, 3.05) is 0 Å². The lowest BCUT2D eigenvalue weighted by atomic mass is 10.2. The first-order valence-electron chi connectivity index (χ1n) is 5.18. The third-order valence-corrected chi connectivity index (χ3v) is 2.59. The molecule has 0 aliphatic carbocycles. The minimum atomic E-state index is 0.469. The van der Waals surface area contributed by atoms with E-state index in [4.69, 9.17) is 16.3 Å². The smallest absolute Gasteiger partial charge is 0.153 e. The summed E-state index contributed by atoms with van der Waals surface area (Å²) in [4.78, 5) is 10.9. The minimum absolute atomic E-state index is 0.469. The van der Waals surface area contributed by atoms with E-state index in [0.29, 0.717) is 22.1 Å². The monoisotopic (exact) mass is 246 g/mol. The predicted molar refractivity (Wildman–Crippen MR) is 68.1 cm³/mol. The number of aldehydes is 1. The van der Waals surface area contributed by atoms with Crippen molar-refractivity contribution in [3.8, 4) is 11.5 Å². The average molecular weight is 247 g/mol. The van der Waals surface area contributed by atoms with Gasteiger partial charge in [0.05, 0.1) is 5.56 Å². The quantitative estimate of drug-likeness (QED) is 0.757. The van der Waals surface area contributed by atoms with E-state index < -0.39 is 0 Å². The molecule has 0 N–H and O–H groups in total. The second kappa shape index (κ2) is 5.02. The molecule has 2 nitrogen and oxygen atoms in total. The lowest BCUT2D eigenvalue weighted by Gasteiger charge is -2.08. The third kappa shape index (κ3) is 2.86. The highest BCUT2D eigenvalue weighted by atomic mass is 35.5. The Kier molecular flexibility index (Phi) is 3.45. The van der Waals surface area contributed by atoms with Gasteiger partial charge in [-0.1, -0.05) is 29.3 Å². The number of hydrogen-bond donors (Lipinski definition) is 0. The SMILES string of the molecule is Cc1ccc(Oc2cc(Cl)ccc2C=O)cc1. The standard InChI is InChI=1S/C14H11ClO2/c1-10-2-6-13(7-3-10)17-14-8-12(15)5-4-11(14)9-16/h2-9H,1H3. The third-order valence-electron chi connectivity index (χ3n) is 2.35. The summed E-state index contributed by atoms with van der Waals surface area (Å²) in [7, 11) is 0. The molecule has 3 heteroatoms. The van der Waals surface area contributed by atoms with Crippen LogP contribution in [0.3, 0.4) is 0 Å². The molecule has 0 amide bonds. The molecule has 0 saturated carbocycles. The molecule has 0 fully saturated rings. The molecule has 17 heavy (non-hydrogen) atoms. The van der Waals surface area contributed by atoms with Crippen LogP contribution in [-0.4, -0.2) is 6.29 Å². The maximum Gasteiger partial charge on any atom is 0.153 e. The van der Waals surface area contributed by atoms with Gasteiger partial charge in [-0.25, -0.2) is 0 Å². The van der Waals surface area contributed by atoms with Crippen molar-refractivity contribution in [1.82, 2.24) is 0 Å². The van der Waals surface area contributed by atoms with Gasteiger partial charge in [0.2, 0.25) is 0 Å². The maximum absolute atomic E-state index is 10.9. The van der Waals surface area contributed by atoms with Crippen LogP contribution in [0.15, 0.2) is 42.5 Å². The number of hydrogen-bond acceptors (Lipinski definition) is 2. The van der Waals surface area contributed by atoms with Crippen LogP contribution in [0.2, 0.25) is 5.02 Å². The molecule has 0 aromatic heterocycles. The number of rotatable bonds is 3. The molecule has 86 valence electrons. The van der Waals surface area contributed by atoms with E-state index in [1.165, 1.54) is 0 Å².